The highest BCUT2D eigenvalue weighted by atomic mass is 16.6. The van der Waals surface area contributed by atoms with Crippen LogP contribution in [0.1, 0.15) is 56.7 Å². The predicted molar refractivity (Wildman–Crippen MR) is 109 cm³/mol. The van der Waals surface area contributed by atoms with Crippen molar-refractivity contribution in [2.75, 3.05) is 0 Å². The van der Waals surface area contributed by atoms with Crippen LogP contribution in [0.4, 0.5) is 5.69 Å². The van der Waals surface area contributed by atoms with Crippen molar-refractivity contribution in [1.29, 1.82) is 0 Å². The number of amides is 1. The van der Waals surface area contributed by atoms with Gasteiger partial charge in [0.2, 0.25) is 5.91 Å². The van der Waals surface area contributed by atoms with E-state index in [0.717, 1.165) is 5.56 Å². The normalized spacial score (nSPS) is 12.8. The summed E-state index contributed by atoms with van der Waals surface area (Å²) in [5, 5.41) is 14.2. The van der Waals surface area contributed by atoms with Crippen molar-refractivity contribution in [2.24, 2.45) is 0 Å². The standard InChI is InChI=1S/C22H26N2O5/c1-15(2)29-22(26)14-19(18-11-7-8-12-20(18)24(27)28)23-21(25)13-16(3)17-9-5-4-6-10-17/h4-12,15-16,19H,13-14H2,1-3H3,(H,23,25). The van der Waals surface area contributed by atoms with Gasteiger partial charge in [-0.3, -0.25) is 19.7 Å². The van der Waals surface area contributed by atoms with E-state index in [2.05, 4.69) is 5.32 Å². The molecule has 0 saturated carbocycles. The van der Waals surface area contributed by atoms with E-state index in [0.29, 0.717) is 0 Å². The smallest absolute Gasteiger partial charge is 0.308 e. The van der Waals surface area contributed by atoms with Crippen molar-refractivity contribution < 1.29 is 19.2 Å². The minimum absolute atomic E-state index is 0.0368. The zero-order chi connectivity index (χ0) is 21.4. The third kappa shape index (κ3) is 6.71. The molecular formula is C22H26N2O5. The maximum atomic E-state index is 12.7. The van der Waals surface area contributed by atoms with Gasteiger partial charge in [-0.15, -0.1) is 0 Å². The van der Waals surface area contributed by atoms with E-state index in [1.807, 2.05) is 37.3 Å². The summed E-state index contributed by atoms with van der Waals surface area (Å²) in [4.78, 5) is 35.8. The molecule has 7 heteroatoms. The summed E-state index contributed by atoms with van der Waals surface area (Å²) in [6.45, 7) is 5.37. The number of benzene rings is 2. The van der Waals surface area contributed by atoms with E-state index >= 15 is 0 Å². The molecule has 0 heterocycles. The van der Waals surface area contributed by atoms with Gasteiger partial charge in [0.15, 0.2) is 0 Å². The Labute approximate surface area is 170 Å². The van der Waals surface area contributed by atoms with Crippen LogP contribution >= 0.6 is 0 Å². The molecule has 0 aliphatic rings. The lowest BCUT2D eigenvalue weighted by Crippen LogP contribution is -2.32. The van der Waals surface area contributed by atoms with Gasteiger partial charge < -0.3 is 10.1 Å². The molecule has 154 valence electrons. The number of nitro benzene ring substituents is 1. The fraction of sp³-hybridized carbons (Fsp3) is 0.364. The Kier molecular flexibility index (Phi) is 7.88. The molecule has 0 saturated heterocycles. The Hall–Kier alpha value is -3.22. The van der Waals surface area contributed by atoms with Gasteiger partial charge in [0.25, 0.3) is 5.69 Å². The number of nitro groups is 1. The lowest BCUT2D eigenvalue weighted by molar-refractivity contribution is -0.385. The largest absolute Gasteiger partial charge is 0.463 e. The highest BCUT2D eigenvalue weighted by molar-refractivity contribution is 5.79. The number of carbonyl (C=O) groups is 2. The molecule has 0 radical (unpaired) electrons. The van der Waals surface area contributed by atoms with E-state index in [-0.39, 0.29) is 42.0 Å². The topological polar surface area (TPSA) is 98.5 Å². The van der Waals surface area contributed by atoms with Gasteiger partial charge in [-0.2, -0.15) is 0 Å². The van der Waals surface area contributed by atoms with Crippen LogP contribution in [0.25, 0.3) is 0 Å². The van der Waals surface area contributed by atoms with E-state index < -0.39 is 16.9 Å². The summed E-state index contributed by atoms with van der Waals surface area (Å²) < 4.78 is 5.17. The Morgan fingerprint density at radius 3 is 2.24 bits per heavy atom. The first-order valence-corrected chi connectivity index (χ1v) is 9.55. The number of hydrogen-bond acceptors (Lipinski definition) is 5. The molecule has 0 aliphatic heterocycles. The second kappa shape index (κ2) is 10.4. The molecular weight excluding hydrogens is 372 g/mol. The summed E-state index contributed by atoms with van der Waals surface area (Å²) in [7, 11) is 0. The summed E-state index contributed by atoms with van der Waals surface area (Å²) in [5.74, 6) is -0.855. The van der Waals surface area contributed by atoms with Gasteiger partial charge in [0, 0.05) is 12.5 Å². The number of rotatable bonds is 9. The predicted octanol–water partition coefficient (Wildman–Crippen LogP) is 4.29. The van der Waals surface area contributed by atoms with Crippen molar-refractivity contribution >= 4 is 17.6 Å². The highest BCUT2D eigenvalue weighted by Gasteiger charge is 2.27. The number of esters is 1. The molecule has 0 aliphatic carbocycles. The average molecular weight is 398 g/mol. The minimum atomic E-state index is -0.849. The molecule has 2 aromatic carbocycles. The number of ether oxygens (including phenoxy) is 1. The van der Waals surface area contributed by atoms with Gasteiger partial charge >= 0.3 is 5.97 Å². The van der Waals surface area contributed by atoms with E-state index in [1.165, 1.54) is 6.07 Å². The monoisotopic (exact) mass is 398 g/mol. The molecule has 0 fully saturated rings. The SMILES string of the molecule is CC(C)OC(=O)CC(NC(=O)CC(C)c1ccccc1)c1ccccc1[N+](=O)[O-]. The zero-order valence-electron chi connectivity index (χ0n) is 16.8. The third-order valence-corrected chi connectivity index (χ3v) is 4.44. The van der Waals surface area contributed by atoms with E-state index in [9.17, 15) is 19.7 Å². The fourth-order valence-corrected chi connectivity index (χ4v) is 3.10. The molecule has 1 N–H and O–H groups in total. The molecule has 0 spiro atoms. The summed E-state index contributed by atoms with van der Waals surface area (Å²) in [5.41, 5.74) is 1.15. The number of para-hydroxylation sites is 1. The maximum Gasteiger partial charge on any atom is 0.308 e. The Morgan fingerprint density at radius 1 is 1.00 bits per heavy atom. The van der Waals surface area contributed by atoms with Crippen molar-refractivity contribution in [3.05, 3.63) is 75.8 Å². The van der Waals surface area contributed by atoms with Crippen LogP contribution in [0.3, 0.4) is 0 Å². The first kappa shape index (κ1) is 22.1. The van der Waals surface area contributed by atoms with Crippen LogP contribution in [-0.4, -0.2) is 22.9 Å². The second-order valence-corrected chi connectivity index (χ2v) is 7.19. The second-order valence-electron chi connectivity index (χ2n) is 7.19. The first-order chi connectivity index (χ1) is 13.8. The molecule has 2 unspecified atom stereocenters. The molecule has 2 atom stereocenters. The Balaban J connectivity index is 2.20. The van der Waals surface area contributed by atoms with Gasteiger partial charge in [-0.05, 0) is 25.3 Å². The van der Waals surface area contributed by atoms with E-state index in [1.54, 1.807) is 32.0 Å². The van der Waals surface area contributed by atoms with Crippen LogP contribution in [0, 0.1) is 10.1 Å². The molecule has 0 bridgehead atoms. The van der Waals surface area contributed by atoms with Crippen molar-refractivity contribution in [1.82, 2.24) is 5.32 Å². The molecule has 7 nitrogen and oxygen atoms in total. The summed E-state index contributed by atoms with van der Waals surface area (Å²) in [6, 6.07) is 14.8. The highest BCUT2D eigenvalue weighted by Crippen LogP contribution is 2.28. The molecule has 1 amide bonds. The zero-order valence-corrected chi connectivity index (χ0v) is 16.8. The van der Waals surface area contributed by atoms with Crippen LogP contribution in [0.5, 0.6) is 0 Å². The lowest BCUT2D eigenvalue weighted by Gasteiger charge is -2.20. The first-order valence-electron chi connectivity index (χ1n) is 9.55. The quantitative estimate of drug-likeness (QED) is 0.386. The summed E-state index contributed by atoms with van der Waals surface area (Å²) in [6.07, 6.45) is -0.308. The van der Waals surface area contributed by atoms with Gasteiger partial charge in [-0.25, -0.2) is 0 Å². The molecule has 29 heavy (non-hydrogen) atoms. The third-order valence-electron chi connectivity index (χ3n) is 4.44. The van der Waals surface area contributed by atoms with Crippen molar-refractivity contribution in [2.45, 2.75) is 51.7 Å². The summed E-state index contributed by atoms with van der Waals surface area (Å²) >= 11 is 0. The minimum Gasteiger partial charge on any atom is -0.463 e. The lowest BCUT2D eigenvalue weighted by atomic mass is 9.96. The number of carbonyl (C=O) groups excluding carboxylic acids is 2. The van der Waals surface area contributed by atoms with Crippen LogP contribution in [-0.2, 0) is 14.3 Å². The van der Waals surface area contributed by atoms with Crippen LogP contribution in [0.2, 0.25) is 0 Å². The average Bonchev–Trinajstić information content (AvgIpc) is 2.67. The molecule has 2 rings (SSSR count). The Bertz CT molecular complexity index is 851. The Morgan fingerprint density at radius 2 is 1.62 bits per heavy atom. The van der Waals surface area contributed by atoms with E-state index in [4.69, 9.17) is 4.74 Å². The fourth-order valence-electron chi connectivity index (χ4n) is 3.10. The number of hydrogen-bond donors (Lipinski definition) is 1. The van der Waals surface area contributed by atoms with Crippen molar-refractivity contribution in [3.63, 3.8) is 0 Å². The van der Waals surface area contributed by atoms with Gasteiger partial charge in [-0.1, -0.05) is 55.5 Å². The van der Waals surface area contributed by atoms with Crippen LogP contribution in [0.15, 0.2) is 54.6 Å². The number of nitrogens with one attached hydrogen (secondary N) is 1. The van der Waals surface area contributed by atoms with Gasteiger partial charge in [0.1, 0.15) is 0 Å². The van der Waals surface area contributed by atoms with Crippen molar-refractivity contribution in [3.8, 4) is 0 Å². The van der Waals surface area contributed by atoms with Gasteiger partial charge in [0.05, 0.1) is 29.1 Å². The molecule has 0 aromatic heterocycles. The maximum absolute atomic E-state index is 12.7. The molecule has 2 aromatic rings. The van der Waals surface area contributed by atoms with Crippen LogP contribution < -0.4 is 5.32 Å². The number of nitrogens with zero attached hydrogens (tertiary/aromatic N) is 1.